The molecule has 2 aromatic carbocycles. The number of aliphatic hydroxyl groups is 1. The SMILES string of the molecule is CCOC(O)c1[nH]c2ccc(Cl)cc2c1Sc1ccc(C)cc1. The van der Waals surface area contributed by atoms with Crippen molar-refractivity contribution in [3.63, 3.8) is 0 Å². The lowest BCUT2D eigenvalue weighted by molar-refractivity contribution is -0.102. The van der Waals surface area contributed by atoms with Gasteiger partial charge in [-0.05, 0) is 44.2 Å². The number of benzene rings is 2. The lowest BCUT2D eigenvalue weighted by Crippen LogP contribution is -2.04. The maximum Gasteiger partial charge on any atom is 0.197 e. The van der Waals surface area contributed by atoms with Gasteiger partial charge in [0.05, 0.1) is 5.69 Å². The summed E-state index contributed by atoms with van der Waals surface area (Å²) in [5, 5.41) is 11.9. The highest BCUT2D eigenvalue weighted by Crippen LogP contribution is 2.40. The lowest BCUT2D eigenvalue weighted by atomic mass is 10.2. The summed E-state index contributed by atoms with van der Waals surface area (Å²) < 4.78 is 5.36. The van der Waals surface area contributed by atoms with Gasteiger partial charge in [-0.3, -0.25) is 0 Å². The predicted octanol–water partition coefficient (Wildman–Crippen LogP) is 5.31. The average molecular weight is 348 g/mol. The lowest BCUT2D eigenvalue weighted by Gasteiger charge is -2.11. The third kappa shape index (κ3) is 3.56. The number of halogens is 1. The Hall–Kier alpha value is -1.46. The maximum atomic E-state index is 10.3. The number of aromatic amines is 1. The quantitative estimate of drug-likeness (QED) is 0.615. The van der Waals surface area contributed by atoms with Gasteiger partial charge in [0.15, 0.2) is 6.29 Å². The second kappa shape index (κ2) is 6.97. The first-order valence-corrected chi connectivity index (χ1v) is 8.63. The molecule has 0 spiro atoms. The van der Waals surface area contributed by atoms with Crippen LogP contribution in [-0.4, -0.2) is 16.7 Å². The summed E-state index contributed by atoms with van der Waals surface area (Å²) >= 11 is 7.74. The van der Waals surface area contributed by atoms with Crippen LogP contribution in [0.25, 0.3) is 10.9 Å². The van der Waals surface area contributed by atoms with E-state index in [1.807, 2.05) is 25.1 Å². The third-order valence-corrected chi connectivity index (χ3v) is 4.94. The molecule has 0 radical (unpaired) electrons. The van der Waals surface area contributed by atoms with Crippen molar-refractivity contribution < 1.29 is 9.84 Å². The summed E-state index contributed by atoms with van der Waals surface area (Å²) in [6.45, 7) is 4.35. The van der Waals surface area contributed by atoms with Crippen molar-refractivity contribution in [2.24, 2.45) is 0 Å². The predicted molar refractivity (Wildman–Crippen MR) is 95.2 cm³/mol. The fraction of sp³-hybridized carbons (Fsp3) is 0.222. The van der Waals surface area contributed by atoms with Crippen molar-refractivity contribution in [2.75, 3.05) is 6.61 Å². The van der Waals surface area contributed by atoms with Gasteiger partial charge in [0.1, 0.15) is 0 Å². The Balaban J connectivity index is 2.08. The van der Waals surface area contributed by atoms with Crippen LogP contribution in [-0.2, 0) is 4.74 Å². The number of H-pyrrole nitrogens is 1. The van der Waals surface area contributed by atoms with Crippen molar-refractivity contribution in [1.82, 2.24) is 4.98 Å². The number of rotatable bonds is 5. The minimum Gasteiger partial charge on any atom is -0.363 e. The van der Waals surface area contributed by atoms with Gasteiger partial charge in [0.2, 0.25) is 0 Å². The molecule has 0 saturated heterocycles. The number of aromatic nitrogens is 1. The van der Waals surface area contributed by atoms with Crippen molar-refractivity contribution in [3.05, 3.63) is 58.7 Å². The van der Waals surface area contributed by atoms with E-state index in [9.17, 15) is 5.11 Å². The Morgan fingerprint density at radius 2 is 1.96 bits per heavy atom. The number of ether oxygens (including phenoxy) is 1. The van der Waals surface area contributed by atoms with Gasteiger partial charge in [-0.25, -0.2) is 0 Å². The average Bonchev–Trinajstić information content (AvgIpc) is 2.88. The van der Waals surface area contributed by atoms with Crippen LogP contribution in [0.1, 0.15) is 24.5 Å². The highest BCUT2D eigenvalue weighted by Gasteiger charge is 2.19. The van der Waals surface area contributed by atoms with E-state index in [1.165, 1.54) is 5.56 Å². The molecule has 1 heterocycles. The Morgan fingerprint density at radius 3 is 2.65 bits per heavy atom. The van der Waals surface area contributed by atoms with Crippen LogP contribution in [0.2, 0.25) is 5.02 Å². The van der Waals surface area contributed by atoms with E-state index in [0.717, 1.165) is 20.7 Å². The third-order valence-electron chi connectivity index (χ3n) is 3.55. The molecule has 0 aliphatic rings. The first kappa shape index (κ1) is 16.4. The van der Waals surface area contributed by atoms with Crippen molar-refractivity contribution >= 4 is 34.3 Å². The van der Waals surface area contributed by atoms with Crippen LogP contribution in [0.4, 0.5) is 0 Å². The Bertz CT molecular complexity index is 814. The zero-order valence-electron chi connectivity index (χ0n) is 13.0. The molecular weight excluding hydrogens is 330 g/mol. The molecule has 0 bridgehead atoms. The summed E-state index contributed by atoms with van der Waals surface area (Å²) in [6.07, 6.45) is -0.987. The molecule has 0 fully saturated rings. The van der Waals surface area contributed by atoms with Crippen molar-refractivity contribution in [1.29, 1.82) is 0 Å². The fourth-order valence-electron chi connectivity index (χ4n) is 2.41. The van der Waals surface area contributed by atoms with Crippen LogP contribution in [0.15, 0.2) is 52.3 Å². The van der Waals surface area contributed by atoms with Crippen LogP contribution >= 0.6 is 23.4 Å². The van der Waals surface area contributed by atoms with Gasteiger partial charge in [-0.2, -0.15) is 0 Å². The Labute approximate surface area is 144 Å². The fourth-order valence-corrected chi connectivity index (χ4v) is 3.63. The highest BCUT2D eigenvalue weighted by atomic mass is 35.5. The van der Waals surface area contributed by atoms with Gasteiger partial charge >= 0.3 is 0 Å². The highest BCUT2D eigenvalue weighted by molar-refractivity contribution is 7.99. The van der Waals surface area contributed by atoms with E-state index in [1.54, 1.807) is 11.8 Å². The Kier molecular flexibility index (Phi) is 4.97. The van der Waals surface area contributed by atoms with Crippen molar-refractivity contribution in [2.45, 2.75) is 29.9 Å². The molecule has 5 heteroatoms. The second-order valence-corrected chi connectivity index (χ2v) is 6.80. The minimum atomic E-state index is -0.987. The largest absolute Gasteiger partial charge is 0.363 e. The van der Waals surface area contributed by atoms with Gasteiger partial charge in [-0.1, -0.05) is 41.1 Å². The molecule has 120 valence electrons. The van der Waals surface area contributed by atoms with E-state index in [0.29, 0.717) is 17.3 Å². The summed E-state index contributed by atoms with van der Waals surface area (Å²) in [4.78, 5) is 5.29. The van der Waals surface area contributed by atoms with E-state index in [-0.39, 0.29) is 0 Å². The summed E-state index contributed by atoms with van der Waals surface area (Å²) in [7, 11) is 0. The summed E-state index contributed by atoms with van der Waals surface area (Å²) in [5.41, 5.74) is 2.80. The van der Waals surface area contributed by atoms with Gasteiger partial charge in [0.25, 0.3) is 0 Å². The number of hydrogen-bond donors (Lipinski definition) is 2. The maximum absolute atomic E-state index is 10.3. The number of fused-ring (bicyclic) bond motifs is 1. The van der Waals surface area contributed by atoms with Crippen LogP contribution in [0, 0.1) is 6.92 Å². The van der Waals surface area contributed by atoms with E-state index in [4.69, 9.17) is 16.3 Å². The smallest absolute Gasteiger partial charge is 0.197 e. The standard InChI is InChI=1S/C18H18ClNO2S/c1-3-22-18(21)16-17(23-13-7-4-11(2)5-8-13)14-10-12(19)6-9-15(14)20-16/h4-10,18,20-21H,3H2,1-2H3. The van der Waals surface area contributed by atoms with E-state index >= 15 is 0 Å². The normalized spacial score (nSPS) is 12.7. The van der Waals surface area contributed by atoms with Gasteiger partial charge < -0.3 is 14.8 Å². The molecule has 3 aromatic rings. The zero-order chi connectivity index (χ0) is 16.4. The molecule has 3 nitrogen and oxygen atoms in total. The minimum absolute atomic E-state index is 0.436. The molecule has 1 atom stereocenters. The second-order valence-electron chi connectivity index (χ2n) is 5.28. The molecule has 1 unspecified atom stereocenters. The van der Waals surface area contributed by atoms with Gasteiger partial charge in [0, 0.05) is 32.3 Å². The molecular formula is C18H18ClNO2S. The van der Waals surface area contributed by atoms with Gasteiger partial charge in [-0.15, -0.1) is 0 Å². The molecule has 0 aliphatic carbocycles. The first-order chi connectivity index (χ1) is 11.1. The zero-order valence-corrected chi connectivity index (χ0v) is 14.5. The molecule has 0 saturated carbocycles. The topological polar surface area (TPSA) is 45.2 Å². The molecule has 1 aromatic heterocycles. The number of hydrogen-bond acceptors (Lipinski definition) is 3. The summed E-state index contributed by atoms with van der Waals surface area (Å²) in [6, 6.07) is 13.9. The van der Waals surface area contributed by atoms with E-state index in [2.05, 4.69) is 36.2 Å². The number of nitrogens with one attached hydrogen (secondary N) is 1. The molecule has 0 amide bonds. The molecule has 3 rings (SSSR count). The molecule has 2 N–H and O–H groups in total. The molecule has 23 heavy (non-hydrogen) atoms. The number of aliphatic hydroxyl groups excluding tert-OH is 1. The van der Waals surface area contributed by atoms with E-state index < -0.39 is 6.29 Å². The molecule has 0 aliphatic heterocycles. The van der Waals surface area contributed by atoms with Crippen LogP contribution < -0.4 is 0 Å². The monoisotopic (exact) mass is 347 g/mol. The Morgan fingerprint density at radius 1 is 1.22 bits per heavy atom. The van der Waals surface area contributed by atoms with Crippen molar-refractivity contribution in [3.8, 4) is 0 Å². The summed E-state index contributed by atoms with van der Waals surface area (Å²) in [5.74, 6) is 0. The van der Waals surface area contributed by atoms with Crippen LogP contribution in [0.5, 0.6) is 0 Å². The van der Waals surface area contributed by atoms with Crippen LogP contribution in [0.3, 0.4) is 0 Å². The number of aryl methyl sites for hydroxylation is 1. The first-order valence-electron chi connectivity index (χ1n) is 7.43.